The third-order valence-electron chi connectivity index (χ3n) is 4.08. The molecule has 8 heteroatoms. The van der Waals surface area contributed by atoms with Crippen LogP contribution in [0.4, 0.5) is 5.69 Å². The van der Waals surface area contributed by atoms with Gasteiger partial charge in [0.15, 0.2) is 5.66 Å². The van der Waals surface area contributed by atoms with Gasteiger partial charge >= 0.3 is 5.97 Å². The average Bonchev–Trinajstić information content (AvgIpc) is 2.54. The van der Waals surface area contributed by atoms with Crippen molar-refractivity contribution in [1.82, 2.24) is 4.90 Å². The molecular weight excluding hydrogens is 300 g/mol. The Kier molecular flexibility index (Phi) is 5.07. The normalized spacial score (nSPS) is 18.3. The lowest BCUT2D eigenvalue weighted by Gasteiger charge is -2.43. The fourth-order valence-electron chi connectivity index (χ4n) is 2.83. The van der Waals surface area contributed by atoms with Gasteiger partial charge < -0.3 is 26.2 Å². The molecule has 1 atom stereocenters. The van der Waals surface area contributed by atoms with Crippen LogP contribution in [0.15, 0.2) is 24.3 Å². The van der Waals surface area contributed by atoms with E-state index in [2.05, 4.69) is 4.90 Å². The van der Waals surface area contributed by atoms with E-state index in [1.54, 1.807) is 12.0 Å². The molecule has 0 spiro atoms. The summed E-state index contributed by atoms with van der Waals surface area (Å²) in [6.45, 7) is 1.97. The summed E-state index contributed by atoms with van der Waals surface area (Å²) >= 11 is 0. The van der Waals surface area contributed by atoms with Gasteiger partial charge in [0, 0.05) is 26.2 Å². The number of anilines is 1. The molecule has 8 nitrogen and oxygen atoms in total. The Morgan fingerprint density at radius 3 is 2.39 bits per heavy atom. The Balaban J connectivity index is 2.11. The fraction of sp³-hybridized carbons (Fsp3) is 0.467. The van der Waals surface area contributed by atoms with Crippen LogP contribution in [-0.4, -0.2) is 60.8 Å². The monoisotopic (exact) mass is 322 g/mol. The van der Waals surface area contributed by atoms with E-state index in [0.717, 1.165) is 11.4 Å². The van der Waals surface area contributed by atoms with E-state index in [1.165, 1.54) is 0 Å². The molecule has 0 saturated carbocycles. The summed E-state index contributed by atoms with van der Waals surface area (Å²) in [6, 6.07) is 7.63. The molecule has 1 aromatic carbocycles. The lowest BCUT2D eigenvalue weighted by molar-refractivity contribution is -0.154. The number of hydrogen-bond donors (Lipinski definition) is 3. The molecule has 1 saturated heterocycles. The molecule has 1 heterocycles. The summed E-state index contributed by atoms with van der Waals surface area (Å²) in [6.07, 6.45) is -0.420. The SMILES string of the molecule is COc1ccccc1N1CCN([C@](N)(CC(N)=O)C(=O)O)CC1. The van der Waals surface area contributed by atoms with E-state index in [4.69, 9.17) is 16.2 Å². The summed E-state index contributed by atoms with van der Waals surface area (Å²) in [4.78, 5) is 26.3. The highest BCUT2D eigenvalue weighted by Crippen LogP contribution is 2.29. The van der Waals surface area contributed by atoms with Gasteiger partial charge in [0.2, 0.25) is 5.91 Å². The molecule has 0 radical (unpaired) electrons. The van der Waals surface area contributed by atoms with Gasteiger partial charge in [-0.15, -0.1) is 0 Å². The fourth-order valence-corrected chi connectivity index (χ4v) is 2.83. The van der Waals surface area contributed by atoms with Crippen LogP contribution in [0.1, 0.15) is 6.42 Å². The van der Waals surface area contributed by atoms with Crippen molar-refractivity contribution in [3.05, 3.63) is 24.3 Å². The maximum Gasteiger partial charge on any atom is 0.339 e. The van der Waals surface area contributed by atoms with Crippen LogP contribution in [0, 0.1) is 0 Å². The maximum atomic E-state index is 11.5. The smallest absolute Gasteiger partial charge is 0.339 e. The molecule has 23 heavy (non-hydrogen) atoms. The molecule has 0 unspecified atom stereocenters. The number of aliphatic carboxylic acids is 1. The zero-order valence-electron chi connectivity index (χ0n) is 13.1. The number of carboxylic acid groups (broad SMARTS) is 1. The number of nitrogens with zero attached hydrogens (tertiary/aromatic N) is 2. The van der Waals surface area contributed by atoms with Crippen molar-refractivity contribution in [2.45, 2.75) is 12.1 Å². The maximum absolute atomic E-state index is 11.5. The largest absolute Gasteiger partial charge is 0.495 e. The van der Waals surface area contributed by atoms with E-state index < -0.39 is 24.0 Å². The number of hydrogen-bond acceptors (Lipinski definition) is 6. The van der Waals surface area contributed by atoms with E-state index in [9.17, 15) is 14.7 Å². The van der Waals surface area contributed by atoms with Gasteiger partial charge in [-0.2, -0.15) is 0 Å². The van der Waals surface area contributed by atoms with Crippen molar-refractivity contribution < 1.29 is 19.4 Å². The second-order valence-electron chi connectivity index (χ2n) is 5.52. The standard InChI is InChI=1S/C15H22N4O4/c1-23-12-5-3-2-4-11(12)18-6-8-19(9-7-18)15(17,14(21)22)10-13(16)20/h2-5H,6-10,17H2,1H3,(H2,16,20)(H,21,22)/t15-/m1/s1. The van der Waals surface area contributed by atoms with E-state index in [0.29, 0.717) is 26.2 Å². The number of ether oxygens (including phenoxy) is 1. The van der Waals surface area contributed by atoms with Crippen molar-refractivity contribution >= 4 is 17.6 Å². The molecule has 2 rings (SSSR count). The topological polar surface area (TPSA) is 122 Å². The number of carbonyl (C=O) groups is 2. The summed E-state index contributed by atoms with van der Waals surface area (Å²) < 4.78 is 5.35. The van der Waals surface area contributed by atoms with Crippen LogP contribution in [0.5, 0.6) is 5.75 Å². The molecule has 0 aromatic heterocycles. The predicted octanol–water partition coefficient (Wildman–Crippen LogP) is -0.568. The van der Waals surface area contributed by atoms with E-state index in [-0.39, 0.29) is 0 Å². The lowest BCUT2D eigenvalue weighted by atomic mass is 10.0. The summed E-state index contributed by atoms with van der Waals surface area (Å²) in [5, 5.41) is 9.39. The third kappa shape index (κ3) is 3.54. The Morgan fingerprint density at radius 1 is 1.26 bits per heavy atom. The minimum Gasteiger partial charge on any atom is -0.495 e. The first-order valence-corrected chi connectivity index (χ1v) is 7.32. The second-order valence-corrected chi connectivity index (χ2v) is 5.52. The number of nitrogens with two attached hydrogens (primary N) is 2. The molecule has 1 aromatic rings. The van der Waals surface area contributed by atoms with E-state index >= 15 is 0 Å². The van der Waals surface area contributed by atoms with Crippen LogP contribution in [0.2, 0.25) is 0 Å². The van der Waals surface area contributed by atoms with Gasteiger partial charge in [-0.3, -0.25) is 9.69 Å². The van der Waals surface area contributed by atoms with Crippen molar-refractivity contribution in [2.75, 3.05) is 38.2 Å². The molecule has 0 bridgehead atoms. The zero-order valence-corrected chi connectivity index (χ0v) is 13.1. The summed E-state index contributed by atoms with van der Waals surface area (Å²) in [5.41, 5.74) is 10.3. The molecule has 1 aliphatic heterocycles. The van der Waals surface area contributed by atoms with Crippen molar-refractivity contribution in [2.24, 2.45) is 11.5 Å². The average molecular weight is 322 g/mol. The minimum atomic E-state index is -1.77. The lowest BCUT2D eigenvalue weighted by Crippen LogP contribution is -2.67. The third-order valence-corrected chi connectivity index (χ3v) is 4.08. The van der Waals surface area contributed by atoms with Crippen LogP contribution in [0.3, 0.4) is 0 Å². The van der Waals surface area contributed by atoms with Gasteiger partial charge in [-0.05, 0) is 12.1 Å². The van der Waals surface area contributed by atoms with Gasteiger partial charge in [-0.1, -0.05) is 12.1 Å². The number of piperazine rings is 1. The first kappa shape index (κ1) is 17.0. The van der Waals surface area contributed by atoms with Crippen LogP contribution in [0.25, 0.3) is 0 Å². The highest BCUT2D eigenvalue weighted by Gasteiger charge is 2.43. The van der Waals surface area contributed by atoms with Gasteiger partial charge in [0.1, 0.15) is 5.75 Å². The number of carboxylic acids is 1. The Hall–Kier alpha value is -2.32. The van der Waals surface area contributed by atoms with Crippen LogP contribution < -0.4 is 21.1 Å². The first-order valence-electron chi connectivity index (χ1n) is 7.32. The summed E-state index contributed by atoms with van der Waals surface area (Å²) in [7, 11) is 1.61. The molecule has 1 amide bonds. The molecule has 5 N–H and O–H groups in total. The molecular formula is C15H22N4O4. The van der Waals surface area contributed by atoms with Crippen LogP contribution >= 0.6 is 0 Å². The number of rotatable bonds is 6. The number of methoxy groups -OCH3 is 1. The van der Waals surface area contributed by atoms with Crippen molar-refractivity contribution in [1.29, 1.82) is 0 Å². The van der Waals surface area contributed by atoms with E-state index in [1.807, 2.05) is 24.3 Å². The first-order chi connectivity index (χ1) is 10.9. The van der Waals surface area contributed by atoms with Crippen molar-refractivity contribution in [3.8, 4) is 5.75 Å². The molecule has 0 aliphatic carbocycles. The van der Waals surface area contributed by atoms with Gasteiger partial charge in [0.05, 0.1) is 19.2 Å². The van der Waals surface area contributed by atoms with Crippen molar-refractivity contribution in [3.63, 3.8) is 0 Å². The predicted molar refractivity (Wildman–Crippen MR) is 85.1 cm³/mol. The minimum absolute atomic E-state index is 0.411. The highest BCUT2D eigenvalue weighted by atomic mass is 16.5. The number of carbonyl (C=O) groups excluding carboxylic acids is 1. The molecule has 1 fully saturated rings. The number of para-hydroxylation sites is 2. The highest BCUT2D eigenvalue weighted by molar-refractivity contribution is 5.86. The Labute approximate surface area is 134 Å². The molecule has 1 aliphatic rings. The quantitative estimate of drug-likeness (QED) is 0.641. The Bertz CT molecular complexity index is 587. The van der Waals surface area contributed by atoms with Crippen LogP contribution in [-0.2, 0) is 9.59 Å². The molecule has 126 valence electrons. The Morgan fingerprint density at radius 2 is 1.87 bits per heavy atom. The summed E-state index contributed by atoms with van der Waals surface area (Å²) in [5.74, 6) is -1.22. The van der Waals surface area contributed by atoms with Gasteiger partial charge in [0.25, 0.3) is 0 Å². The zero-order chi connectivity index (χ0) is 17.0. The number of primary amides is 1. The number of benzene rings is 1. The van der Waals surface area contributed by atoms with Gasteiger partial charge in [-0.25, -0.2) is 4.79 Å². The second kappa shape index (κ2) is 6.84. The number of amides is 1.